The van der Waals surface area contributed by atoms with E-state index < -0.39 is 0 Å². The molecule has 0 radical (unpaired) electrons. The highest BCUT2D eigenvalue weighted by Gasteiger charge is 2.38. The molecule has 9 aromatic rings. The van der Waals surface area contributed by atoms with Crippen molar-refractivity contribution < 1.29 is 0 Å². The van der Waals surface area contributed by atoms with Gasteiger partial charge in [-0.2, -0.15) is 0 Å². The van der Waals surface area contributed by atoms with Crippen LogP contribution in [0.5, 0.6) is 0 Å². The van der Waals surface area contributed by atoms with E-state index in [1.54, 1.807) is 0 Å². The Hall–Kier alpha value is -6.50. The summed E-state index contributed by atoms with van der Waals surface area (Å²) in [6, 6.07) is 64.9. The summed E-state index contributed by atoms with van der Waals surface area (Å²) < 4.78 is 0. The normalized spacial score (nSPS) is 15.7. The average molecular weight is 755 g/mol. The fourth-order valence-corrected chi connectivity index (χ4v) is 11.2. The third-order valence-corrected chi connectivity index (χ3v) is 14.6. The summed E-state index contributed by atoms with van der Waals surface area (Å²) >= 11 is 0. The van der Waals surface area contributed by atoms with Crippen molar-refractivity contribution in [3.63, 3.8) is 0 Å². The lowest BCUT2D eigenvalue weighted by molar-refractivity contribution is 0.660. The van der Waals surface area contributed by atoms with Crippen LogP contribution in [0.15, 0.2) is 170 Å². The first-order valence-electron chi connectivity index (χ1n) is 21.2. The van der Waals surface area contributed by atoms with E-state index in [2.05, 4.69) is 211 Å². The summed E-state index contributed by atoms with van der Waals surface area (Å²) in [5, 5.41) is 5.10. The minimum atomic E-state index is -0.115. The molecule has 0 unspecified atom stereocenters. The molecule has 9 aromatic carbocycles. The molecule has 0 heterocycles. The quantitative estimate of drug-likeness (QED) is 0.168. The van der Waals surface area contributed by atoms with Crippen molar-refractivity contribution in [2.24, 2.45) is 0 Å². The smallest absolute Gasteiger partial charge is 0.0159 e. The molecular weight excluding hydrogens is 709 g/mol. The summed E-state index contributed by atoms with van der Waals surface area (Å²) in [6.07, 6.45) is 0. The Morgan fingerprint density at radius 3 is 0.983 bits per heavy atom. The highest BCUT2D eigenvalue weighted by Crippen LogP contribution is 2.53. The van der Waals surface area contributed by atoms with E-state index in [1.165, 1.54) is 122 Å². The molecule has 3 aliphatic carbocycles. The minimum absolute atomic E-state index is 0.00809. The second-order valence-electron chi connectivity index (χ2n) is 19.0. The lowest BCUT2D eigenvalue weighted by Gasteiger charge is -2.23. The Labute approximate surface area is 347 Å². The van der Waals surface area contributed by atoms with Gasteiger partial charge in [-0.15, -0.1) is 0 Å². The molecule has 59 heavy (non-hydrogen) atoms. The van der Waals surface area contributed by atoms with E-state index in [4.69, 9.17) is 0 Å². The van der Waals surface area contributed by atoms with Gasteiger partial charge >= 0.3 is 0 Å². The van der Waals surface area contributed by atoms with Crippen LogP contribution in [0, 0.1) is 0 Å². The largest absolute Gasteiger partial charge is 0.0619 e. The van der Waals surface area contributed by atoms with Gasteiger partial charge in [-0.25, -0.2) is 0 Å². The maximum absolute atomic E-state index is 2.47. The molecule has 0 bridgehead atoms. The van der Waals surface area contributed by atoms with Crippen molar-refractivity contribution in [1.29, 1.82) is 0 Å². The van der Waals surface area contributed by atoms with Crippen molar-refractivity contribution in [3.8, 4) is 66.8 Å². The molecule has 0 saturated carbocycles. The zero-order valence-electron chi connectivity index (χ0n) is 34.7. The Morgan fingerprint density at radius 1 is 0.220 bits per heavy atom. The van der Waals surface area contributed by atoms with Crippen molar-refractivity contribution in [2.75, 3.05) is 0 Å². The molecule has 0 amide bonds. The fraction of sp³-hybridized carbons (Fsp3) is 0.153. The first kappa shape index (κ1) is 34.5. The molecule has 0 saturated heterocycles. The Morgan fingerprint density at radius 2 is 0.525 bits per heavy atom. The minimum Gasteiger partial charge on any atom is -0.0619 e. The average Bonchev–Trinajstić information content (AvgIpc) is 3.73. The molecule has 0 atom stereocenters. The van der Waals surface area contributed by atoms with E-state index in [1.807, 2.05) is 0 Å². The van der Waals surface area contributed by atoms with E-state index in [0.29, 0.717) is 0 Å². The van der Waals surface area contributed by atoms with Crippen LogP contribution in [-0.4, -0.2) is 0 Å². The summed E-state index contributed by atoms with van der Waals surface area (Å²) in [4.78, 5) is 0. The van der Waals surface area contributed by atoms with Gasteiger partial charge in [-0.1, -0.05) is 163 Å². The highest BCUT2D eigenvalue weighted by atomic mass is 14.4. The SMILES string of the molecule is CC1(C)c2ccccc2-c2ccc(-c3ccc4c(c3)C(C)(C)c3cc5cc(-c6ccc7cc(-c8ccc9c(c8)C(C)(C)c8ccccc8-9)ccc7c6)ccc5cc3-4)cc21. The van der Waals surface area contributed by atoms with Gasteiger partial charge in [-0.3, -0.25) is 0 Å². The molecule has 0 aliphatic heterocycles. The topological polar surface area (TPSA) is 0 Å². The standard InChI is InChI=1S/C59H46/c1-57(2)51-13-9-7-11-45(51)47-24-21-41(31-53(47)57)38-18-17-35-27-37(16-15-36(35)28-38)39-19-20-40-30-50-49-26-23-43(33-55(49)59(5,6)56(50)34-44(40)29-39)42-22-25-48-46-12-8-10-14-52(46)58(3,4)54(48)32-42/h7-34H,1-6H3. The number of hydrogen-bond acceptors (Lipinski definition) is 0. The molecule has 12 rings (SSSR count). The van der Waals surface area contributed by atoms with Gasteiger partial charge in [0.2, 0.25) is 0 Å². The summed E-state index contributed by atoms with van der Waals surface area (Å²) in [7, 11) is 0. The van der Waals surface area contributed by atoms with Crippen LogP contribution in [-0.2, 0) is 16.2 Å². The summed E-state index contributed by atoms with van der Waals surface area (Å²) in [5.41, 5.74) is 24.2. The monoisotopic (exact) mass is 754 g/mol. The molecule has 0 fully saturated rings. The zero-order chi connectivity index (χ0) is 40.0. The van der Waals surface area contributed by atoms with E-state index in [-0.39, 0.29) is 16.2 Å². The van der Waals surface area contributed by atoms with Gasteiger partial charge in [0.05, 0.1) is 0 Å². The number of hydrogen-bond donors (Lipinski definition) is 0. The summed E-state index contributed by atoms with van der Waals surface area (Å²) in [6.45, 7) is 14.2. The highest BCUT2D eigenvalue weighted by molar-refractivity contribution is 5.98. The predicted molar refractivity (Wildman–Crippen MR) is 250 cm³/mol. The first-order valence-corrected chi connectivity index (χ1v) is 21.2. The van der Waals surface area contributed by atoms with E-state index >= 15 is 0 Å². The number of fused-ring (bicyclic) bond motifs is 11. The number of rotatable bonds is 3. The molecule has 0 spiro atoms. The maximum Gasteiger partial charge on any atom is 0.0159 e. The van der Waals surface area contributed by atoms with Crippen molar-refractivity contribution in [1.82, 2.24) is 0 Å². The van der Waals surface area contributed by atoms with Crippen LogP contribution >= 0.6 is 0 Å². The number of benzene rings is 9. The maximum atomic E-state index is 2.47. The van der Waals surface area contributed by atoms with Crippen molar-refractivity contribution >= 4 is 21.5 Å². The van der Waals surface area contributed by atoms with Gasteiger partial charge in [-0.05, 0) is 170 Å². The van der Waals surface area contributed by atoms with Crippen LogP contribution in [0.4, 0.5) is 0 Å². The van der Waals surface area contributed by atoms with Crippen molar-refractivity contribution in [3.05, 3.63) is 203 Å². The van der Waals surface area contributed by atoms with Gasteiger partial charge in [0.1, 0.15) is 0 Å². The van der Waals surface area contributed by atoms with Crippen LogP contribution in [0.1, 0.15) is 74.9 Å². The van der Waals surface area contributed by atoms with Crippen LogP contribution in [0.3, 0.4) is 0 Å². The first-order chi connectivity index (χ1) is 28.5. The fourth-order valence-electron chi connectivity index (χ4n) is 11.2. The van der Waals surface area contributed by atoms with Gasteiger partial charge in [0.25, 0.3) is 0 Å². The zero-order valence-corrected chi connectivity index (χ0v) is 34.7. The second kappa shape index (κ2) is 11.8. The Kier molecular flexibility index (Phi) is 6.91. The Balaban J connectivity index is 0.857. The van der Waals surface area contributed by atoms with Gasteiger partial charge < -0.3 is 0 Å². The molecule has 0 nitrogen and oxygen atoms in total. The molecule has 0 N–H and O–H groups in total. The summed E-state index contributed by atoms with van der Waals surface area (Å²) in [5.74, 6) is 0. The third kappa shape index (κ3) is 4.84. The lowest BCUT2D eigenvalue weighted by Crippen LogP contribution is -2.15. The van der Waals surface area contributed by atoms with Crippen molar-refractivity contribution in [2.45, 2.75) is 57.8 Å². The second-order valence-corrected chi connectivity index (χ2v) is 19.0. The Bertz CT molecular complexity index is 3290. The molecule has 3 aliphatic rings. The molecule has 0 aromatic heterocycles. The van der Waals surface area contributed by atoms with Gasteiger partial charge in [0, 0.05) is 16.2 Å². The molecule has 282 valence electrons. The lowest BCUT2D eigenvalue weighted by atomic mass is 9.80. The molecule has 0 heteroatoms. The van der Waals surface area contributed by atoms with E-state index in [9.17, 15) is 0 Å². The van der Waals surface area contributed by atoms with Crippen LogP contribution in [0.25, 0.3) is 88.3 Å². The predicted octanol–water partition coefficient (Wildman–Crippen LogP) is 15.9. The third-order valence-electron chi connectivity index (χ3n) is 14.6. The van der Waals surface area contributed by atoms with Crippen LogP contribution < -0.4 is 0 Å². The van der Waals surface area contributed by atoms with Gasteiger partial charge in [0.15, 0.2) is 0 Å². The molecular formula is C59H46. The van der Waals surface area contributed by atoms with Crippen LogP contribution in [0.2, 0.25) is 0 Å². The van der Waals surface area contributed by atoms with E-state index in [0.717, 1.165) is 0 Å².